The Morgan fingerprint density at radius 3 is 2.43 bits per heavy atom. The minimum absolute atomic E-state index is 0.248. The van der Waals surface area contributed by atoms with Gasteiger partial charge in [-0.3, -0.25) is 4.98 Å². The third-order valence-corrected chi connectivity index (χ3v) is 4.87. The van der Waals surface area contributed by atoms with Crippen LogP contribution in [0.3, 0.4) is 0 Å². The molecular weight excluding hydrogens is 286 g/mol. The third-order valence-electron chi connectivity index (χ3n) is 3.05. The molecule has 21 heavy (non-hydrogen) atoms. The maximum atomic E-state index is 12.5. The second-order valence-electron chi connectivity index (χ2n) is 4.64. The number of hydrogen-bond donors (Lipinski definition) is 1. The van der Waals surface area contributed by atoms with E-state index in [1.54, 1.807) is 49.6 Å². The average molecular weight is 305 g/mol. The summed E-state index contributed by atoms with van der Waals surface area (Å²) in [7, 11) is -1.95. The standard InChI is InChI=1S/C15H19N3O2S/c1-3-16-13-7-9-15(10-8-13)21(19,20)18(2)12-14-6-4-5-11-17-14/h4-11,16H,3,12H2,1-2H3. The topological polar surface area (TPSA) is 62.3 Å². The molecule has 0 saturated heterocycles. The molecule has 0 saturated carbocycles. The molecular formula is C15H19N3O2S. The van der Waals surface area contributed by atoms with Gasteiger partial charge in [0, 0.05) is 25.5 Å². The third kappa shape index (κ3) is 3.80. The summed E-state index contributed by atoms with van der Waals surface area (Å²) in [5.41, 5.74) is 1.62. The minimum atomic E-state index is -3.50. The molecule has 0 atom stereocenters. The van der Waals surface area contributed by atoms with Gasteiger partial charge in [0.1, 0.15) is 0 Å². The highest BCUT2D eigenvalue weighted by atomic mass is 32.2. The van der Waals surface area contributed by atoms with Crippen LogP contribution in [-0.4, -0.2) is 31.3 Å². The van der Waals surface area contributed by atoms with E-state index < -0.39 is 10.0 Å². The Hall–Kier alpha value is -1.92. The first-order valence-electron chi connectivity index (χ1n) is 6.74. The Bertz CT molecular complexity index is 670. The Labute approximate surface area is 125 Å². The zero-order valence-corrected chi connectivity index (χ0v) is 13.0. The number of nitrogens with one attached hydrogen (secondary N) is 1. The molecule has 2 aromatic rings. The lowest BCUT2D eigenvalue weighted by Gasteiger charge is -2.17. The zero-order valence-electron chi connectivity index (χ0n) is 12.2. The second-order valence-corrected chi connectivity index (χ2v) is 6.68. The van der Waals surface area contributed by atoms with E-state index >= 15 is 0 Å². The Kier molecular flexibility index (Phi) is 4.93. The number of sulfonamides is 1. The van der Waals surface area contributed by atoms with Crippen LogP contribution in [0.4, 0.5) is 5.69 Å². The lowest BCUT2D eigenvalue weighted by molar-refractivity contribution is 0.462. The molecule has 0 aliphatic carbocycles. The molecule has 0 aliphatic rings. The first-order valence-corrected chi connectivity index (χ1v) is 8.18. The molecule has 0 radical (unpaired) electrons. The summed E-state index contributed by atoms with van der Waals surface area (Å²) >= 11 is 0. The van der Waals surface area contributed by atoms with Gasteiger partial charge in [-0.15, -0.1) is 0 Å². The molecule has 0 amide bonds. The number of benzene rings is 1. The smallest absolute Gasteiger partial charge is 0.243 e. The summed E-state index contributed by atoms with van der Waals surface area (Å²) in [4.78, 5) is 4.43. The van der Waals surface area contributed by atoms with Crippen molar-refractivity contribution in [3.8, 4) is 0 Å². The van der Waals surface area contributed by atoms with E-state index in [4.69, 9.17) is 0 Å². The van der Waals surface area contributed by atoms with E-state index in [1.165, 1.54) is 4.31 Å². The molecule has 6 heteroatoms. The van der Waals surface area contributed by atoms with Gasteiger partial charge >= 0.3 is 0 Å². The summed E-state index contributed by atoms with van der Waals surface area (Å²) in [6, 6.07) is 12.2. The van der Waals surface area contributed by atoms with Gasteiger partial charge in [-0.05, 0) is 43.3 Å². The van der Waals surface area contributed by atoms with Crippen LogP contribution in [0.2, 0.25) is 0 Å². The van der Waals surface area contributed by atoms with Crippen molar-refractivity contribution in [1.82, 2.24) is 9.29 Å². The van der Waals surface area contributed by atoms with Crippen molar-refractivity contribution < 1.29 is 8.42 Å². The van der Waals surface area contributed by atoms with E-state index in [0.29, 0.717) is 5.69 Å². The predicted octanol–water partition coefficient (Wildman–Crippen LogP) is 2.33. The molecule has 0 aliphatic heterocycles. The quantitative estimate of drug-likeness (QED) is 0.890. The van der Waals surface area contributed by atoms with Crippen molar-refractivity contribution in [3.63, 3.8) is 0 Å². The summed E-state index contributed by atoms with van der Waals surface area (Å²) in [6.45, 7) is 3.04. The Morgan fingerprint density at radius 2 is 1.86 bits per heavy atom. The highest BCUT2D eigenvalue weighted by Gasteiger charge is 2.21. The van der Waals surface area contributed by atoms with Gasteiger partial charge in [-0.1, -0.05) is 6.07 Å². The molecule has 0 unspecified atom stereocenters. The van der Waals surface area contributed by atoms with Crippen molar-refractivity contribution in [1.29, 1.82) is 0 Å². The van der Waals surface area contributed by atoms with Crippen molar-refractivity contribution >= 4 is 15.7 Å². The number of nitrogens with zero attached hydrogens (tertiary/aromatic N) is 2. The van der Waals surface area contributed by atoms with Crippen LogP contribution in [0.25, 0.3) is 0 Å². The second kappa shape index (κ2) is 6.69. The fourth-order valence-electron chi connectivity index (χ4n) is 1.93. The zero-order chi connectivity index (χ0) is 15.3. The largest absolute Gasteiger partial charge is 0.385 e. The van der Waals surface area contributed by atoms with Crippen LogP contribution in [0.15, 0.2) is 53.6 Å². The van der Waals surface area contributed by atoms with Crippen LogP contribution in [0, 0.1) is 0 Å². The van der Waals surface area contributed by atoms with Crippen molar-refractivity contribution in [2.45, 2.75) is 18.4 Å². The van der Waals surface area contributed by atoms with Crippen LogP contribution < -0.4 is 5.32 Å². The van der Waals surface area contributed by atoms with Crippen LogP contribution in [0.5, 0.6) is 0 Å². The van der Waals surface area contributed by atoms with E-state index in [9.17, 15) is 8.42 Å². The molecule has 0 bridgehead atoms. The van der Waals surface area contributed by atoms with Crippen molar-refractivity contribution in [2.24, 2.45) is 0 Å². The number of aromatic nitrogens is 1. The molecule has 1 N–H and O–H groups in total. The molecule has 0 spiro atoms. The van der Waals surface area contributed by atoms with Crippen molar-refractivity contribution in [3.05, 3.63) is 54.4 Å². The molecule has 2 rings (SSSR count). The molecule has 1 aromatic heterocycles. The van der Waals surface area contributed by atoms with Gasteiger partial charge in [-0.2, -0.15) is 4.31 Å². The Morgan fingerprint density at radius 1 is 1.14 bits per heavy atom. The van der Waals surface area contributed by atoms with E-state index in [2.05, 4.69) is 10.3 Å². The van der Waals surface area contributed by atoms with Gasteiger partial charge in [0.25, 0.3) is 0 Å². The van der Waals surface area contributed by atoms with Crippen LogP contribution >= 0.6 is 0 Å². The maximum Gasteiger partial charge on any atom is 0.243 e. The molecule has 112 valence electrons. The van der Waals surface area contributed by atoms with E-state index in [-0.39, 0.29) is 11.4 Å². The Balaban J connectivity index is 2.16. The molecule has 0 fully saturated rings. The molecule has 1 aromatic carbocycles. The SMILES string of the molecule is CCNc1ccc(S(=O)(=O)N(C)Cc2ccccn2)cc1. The summed E-state index contributed by atoms with van der Waals surface area (Å²) < 4.78 is 26.3. The molecule has 1 heterocycles. The predicted molar refractivity (Wildman–Crippen MR) is 83.5 cm³/mol. The average Bonchev–Trinajstić information content (AvgIpc) is 2.49. The van der Waals surface area contributed by atoms with Gasteiger partial charge < -0.3 is 5.32 Å². The minimum Gasteiger partial charge on any atom is -0.385 e. The normalized spacial score (nSPS) is 11.6. The summed E-state index contributed by atoms with van der Waals surface area (Å²) in [5.74, 6) is 0. The van der Waals surface area contributed by atoms with Gasteiger partial charge in [0.05, 0.1) is 17.1 Å². The van der Waals surface area contributed by atoms with E-state index in [0.717, 1.165) is 12.2 Å². The van der Waals surface area contributed by atoms with E-state index in [1.807, 2.05) is 13.0 Å². The summed E-state index contributed by atoms with van der Waals surface area (Å²) in [5, 5.41) is 3.14. The maximum absolute atomic E-state index is 12.5. The first kappa shape index (κ1) is 15.5. The molecule has 5 nitrogen and oxygen atoms in total. The van der Waals surface area contributed by atoms with Gasteiger partial charge in [0.2, 0.25) is 10.0 Å². The fourth-order valence-corrected chi connectivity index (χ4v) is 3.08. The van der Waals surface area contributed by atoms with Crippen molar-refractivity contribution in [2.75, 3.05) is 18.9 Å². The first-order chi connectivity index (χ1) is 10.0. The number of rotatable bonds is 6. The lowest BCUT2D eigenvalue weighted by atomic mass is 10.3. The number of hydrogen-bond acceptors (Lipinski definition) is 4. The number of pyridine rings is 1. The summed E-state index contributed by atoms with van der Waals surface area (Å²) in [6.07, 6.45) is 1.65. The number of anilines is 1. The highest BCUT2D eigenvalue weighted by Crippen LogP contribution is 2.18. The van der Waals surface area contributed by atoms with Crippen LogP contribution in [-0.2, 0) is 16.6 Å². The fraction of sp³-hybridized carbons (Fsp3) is 0.267. The van der Waals surface area contributed by atoms with Gasteiger partial charge in [-0.25, -0.2) is 8.42 Å². The monoisotopic (exact) mass is 305 g/mol. The highest BCUT2D eigenvalue weighted by molar-refractivity contribution is 7.89. The van der Waals surface area contributed by atoms with Gasteiger partial charge in [0.15, 0.2) is 0 Å². The van der Waals surface area contributed by atoms with Crippen LogP contribution in [0.1, 0.15) is 12.6 Å². The lowest BCUT2D eigenvalue weighted by Crippen LogP contribution is -2.26.